The van der Waals surface area contributed by atoms with Crippen LogP contribution in [0.4, 0.5) is 0 Å². The molecule has 0 spiro atoms. The fraction of sp³-hybridized carbons (Fsp3) is 0.571. The first-order valence-corrected chi connectivity index (χ1v) is 9.38. The van der Waals surface area contributed by atoms with Crippen LogP contribution in [0.2, 0.25) is 0 Å². The summed E-state index contributed by atoms with van der Waals surface area (Å²) in [7, 11) is 0. The molecule has 4 atom stereocenters. The van der Waals surface area contributed by atoms with E-state index in [9.17, 15) is 14.4 Å². The number of rotatable bonds is 5. The van der Waals surface area contributed by atoms with Gasteiger partial charge in [-0.15, -0.1) is 0 Å². The molecule has 0 aliphatic carbocycles. The van der Waals surface area contributed by atoms with Gasteiger partial charge in [0.2, 0.25) is 12.4 Å². The number of hydrogen-bond acceptors (Lipinski definition) is 8. The highest BCUT2D eigenvalue weighted by Gasteiger charge is 2.48. The molecule has 1 heterocycles. The molecular weight excluding hydrogens is 380 g/mol. The quantitative estimate of drug-likeness (QED) is 0.542. The third kappa shape index (κ3) is 6.45. The molecule has 160 valence electrons. The van der Waals surface area contributed by atoms with E-state index in [4.69, 9.17) is 23.7 Å². The van der Waals surface area contributed by atoms with Crippen molar-refractivity contribution in [3.05, 3.63) is 29.8 Å². The second-order valence-corrected chi connectivity index (χ2v) is 7.89. The summed E-state index contributed by atoms with van der Waals surface area (Å²) in [5.74, 6) is -1.31. The Balaban J connectivity index is 2.25. The summed E-state index contributed by atoms with van der Waals surface area (Å²) in [5.41, 5.74) is 1.11. The fourth-order valence-electron chi connectivity index (χ4n) is 2.98. The molecule has 1 fully saturated rings. The summed E-state index contributed by atoms with van der Waals surface area (Å²) >= 11 is 0. The van der Waals surface area contributed by atoms with E-state index in [1.165, 1.54) is 20.8 Å². The highest BCUT2D eigenvalue weighted by molar-refractivity contribution is 5.68. The molecule has 1 aliphatic heterocycles. The van der Waals surface area contributed by atoms with Crippen LogP contribution in [0.15, 0.2) is 24.3 Å². The maximum atomic E-state index is 11.6. The Kier molecular flexibility index (Phi) is 7.24. The zero-order valence-electron chi connectivity index (χ0n) is 17.6. The second kappa shape index (κ2) is 9.26. The molecule has 1 aromatic carbocycles. The van der Waals surface area contributed by atoms with E-state index >= 15 is 0 Å². The summed E-state index contributed by atoms with van der Waals surface area (Å²) in [5, 5.41) is 0. The molecular formula is C21H28O8. The van der Waals surface area contributed by atoms with Gasteiger partial charge in [0.15, 0.2) is 12.2 Å². The lowest BCUT2D eigenvalue weighted by Crippen LogP contribution is -2.59. The number of benzene rings is 1. The van der Waals surface area contributed by atoms with Gasteiger partial charge in [-0.25, -0.2) is 0 Å². The van der Waals surface area contributed by atoms with Crippen LogP contribution in [-0.4, -0.2) is 49.1 Å². The molecule has 1 saturated heterocycles. The highest BCUT2D eigenvalue weighted by atomic mass is 16.7. The van der Waals surface area contributed by atoms with Gasteiger partial charge < -0.3 is 23.7 Å². The lowest BCUT2D eigenvalue weighted by molar-refractivity contribution is -0.259. The van der Waals surface area contributed by atoms with Crippen LogP contribution < -0.4 is 4.74 Å². The third-order valence-corrected chi connectivity index (χ3v) is 4.28. The molecule has 1 aromatic rings. The number of ether oxygens (including phenoxy) is 5. The monoisotopic (exact) mass is 408 g/mol. The normalized spacial score (nSPS) is 24.3. The predicted molar refractivity (Wildman–Crippen MR) is 102 cm³/mol. The first kappa shape index (κ1) is 22.7. The number of hydrogen-bond donors (Lipinski definition) is 0. The molecule has 8 nitrogen and oxygen atoms in total. The van der Waals surface area contributed by atoms with Gasteiger partial charge in [-0.05, 0) is 23.1 Å². The minimum Gasteiger partial charge on any atom is -0.461 e. The average molecular weight is 408 g/mol. The van der Waals surface area contributed by atoms with E-state index < -0.39 is 42.5 Å². The van der Waals surface area contributed by atoms with Crippen molar-refractivity contribution >= 4 is 17.9 Å². The summed E-state index contributed by atoms with van der Waals surface area (Å²) in [6, 6.07) is 7.44. The van der Waals surface area contributed by atoms with Crippen molar-refractivity contribution < 1.29 is 38.1 Å². The second-order valence-electron chi connectivity index (χ2n) is 7.89. The zero-order chi connectivity index (χ0) is 21.8. The van der Waals surface area contributed by atoms with Crippen LogP contribution in [0.5, 0.6) is 5.75 Å². The van der Waals surface area contributed by atoms with Gasteiger partial charge in [0, 0.05) is 20.8 Å². The van der Waals surface area contributed by atoms with Crippen molar-refractivity contribution in [3.8, 4) is 5.75 Å². The number of esters is 3. The minimum absolute atomic E-state index is 0.0161. The molecule has 0 radical (unpaired) electrons. The Morgan fingerprint density at radius 3 is 1.86 bits per heavy atom. The SMILES string of the molecule is CC(=O)O[C@@H]1[C@@H](OC(C)=O)[C@H](Oc2ccc(C(C)(C)C)cc2)OC[C@H]1OC(C)=O. The summed E-state index contributed by atoms with van der Waals surface area (Å²) in [6.45, 7) is 9.88. The fourth-order valence-corrected chi connectivity index (χ4v) is 2.98. The van der Waals surface area contributed by atoms with Crippen molar-refractivity contribution in [2.45, 2.75) is 71.6 Å². The Hall–Kier alpha value is -2.61. The molecule has 8 heteroatoms. The smallest absolute Gasteiger partial charge is 0.303 e. The van der Waals surface area contributed by atoms with Crippen LogP contribution in [0.3, 0.4) is 0 Å². The molecule has 0 aromatic heterocycles. The van der Waals surface area contributed by atoms with Gasteiger partial charge >= 0.3 is 17.9 Å². The van der Waals surface area contributed by atoms with Gasteiger partial charge in [0.1, 0.15) is 5.75 Å². The Morgan fingerprint density at radius 2 is 1.38 bits per heavy atom. The maximum absolute atomic E-state index is 11.6. The summed E-state index contributed by atoms with van der Waals surface area (Å²) in [6.07, 6.45) is -4.15. The van der Waals surface area contributed by atoms with E-state index in [-0.39, 0.29) is 12.0 Å². The van der Waals surface area contributed by atoms with Gasteiger partial charge in [-0.2, -0.15) is 0 Å². The largest absolute Gasteiger partial charge is 0.461 e. The van der Waals surface area contributed by atoms with Crippen molar-refractivity contribution in [2.75, 3.05) is 6.61 Å². The lowest BCUT2D eigenvalue weighted by atomic mass is 9.87. The van der Waals surface area contributed by atoms with E-state index in [1.807, 2.05) is 12.1 Å². The van der Waals surface area contributed by atoms with E-state index in [1.54, 1.807) is 12.1 Å². The molecule has 2 rings (SSSR count). The molecule has 1 aliphatic rings. The Morgan fingerprint density at radius 1 is 0.862 bits per heavy atom. The molecule has 0 saturated carbocycles. The number of carbonyl (C=O) groups excluding carboxylic acids is 3. The molecule has 0 unspecified atom stereocenters. The van der Waals surface area contributed by atoms with E-state index in [0.717, 1.165) is 5.56 Å². The van der Waals surface area contributed by atoms with Crippen LogP contribution in [0, 0.1) is 0 Å². The van der Waals surface area contributed by atoms with Crippen molar-refractivity contribution in [2.24, 2.45) is 0 Å². The summed E-state index contributed by atoms with van der Waals surface area (Å²) in [4.78, 5) is 34.6. The first-order chi connectivity index (χ1) is 13.5. The Labute approximate surface area is 170 Å². The molecule has 0 amide bonds. The zero-order valence-corrected chi connectivity index (χ0v) is 17.6. The van der Waals surface area contributed by atoms with Gasteiger partial charge in [0.25, 0.3) is 0 Å². The van der Waals surface area contributed by atoms with E-state index in [0.29, 0.717) is 5.75 Å². The lowest BCUT2D eigenvalue weighted by Gasteiger charge is -2.40. The van der Waals surface area contributed by atoms with Crippen molar-refractivity contribution in [1.82, 2.24) is 0 Å². The predicted octanol–water partition coefficient (Wildman–Crippen LogP) is 2.51. The topological polar surface area (TPSA) is 97.4 Å². The highest BCUT2D eigenvalue weighted by Crippen LogP contribution is 2.29. The van der Waals surface area contributed by atoms with Gasteiger partial charge in [-0.1, -0.05) is 32.9 Å². The average Bonchev–Trinajstić information content (AvgIpc) is 2.58. The van der Waals surface area contributed by atoms with E-state index in [2.05, 4.69) is 20.8 Å². The van der Waals surface area contributed by atoms with Gasteiger partial charge in [-0.3, -0.25) is 14.4 Å². The van der Waals surface area contributed by atoms with Crippen molar-refractivity contribution in [3.63, 3.8) is 0 Å². The van der Waals surface area contributed by atoms with Crippen LogP contribution in [0.1, 0.15) is 47.1 Å². The maximum Gasteiger partial charge on any atom is 0.303 e. The molecule has 0 N–H and O–H groups in total. The molecule has 29 heavy (non-hydrogen) atoms. The van der Waals surface area contributed by atoms with Crippen LogP contribution in [0.25, 0.3) is 0 Å². The number of carbonyl (C=O) groups is 3. The van der Waals surface area contributed by atoms with Crippen LogP contribution >= 0.6 is 0 Å². The van der Waals surface area contributed by atoms with Crippen molar-refractivity contribution in [1.29, 1.82) is 0 Å². The first-order valence-electron chi connectivity index (χ1n) is 9.38. The molecule has 0 bridgehead atoms. The van der Waals surface area contributed by atoms with Gasteiger partial charge in [0.05, 0.1) is 6.61 Å². The van der Waals surface area contributed by atoms with Crippen LogP contribution in [-0.2, 0) is 38.7 Å². The Bertz CT molecular complexity index is 734. The summed E-state index contributed by atoms with van der Waals surface area (Å²) < 4.78 is 27.3. The third-order valence-electron chi connectivity index (χ3n) is 4.28. The standard InChI is InChI=1S/C21H28O8/c1-12(22)26-17-11-25-20(19(28-14(3)24)18(17)27-13(2)23)29-16-9-7-15(8-10-16)21(4,5)6/h7-10,17-20H,11H2,1-6H3/t17-,18+,19-,20+/m1/s1. The minimum atomic E-state index is -1.11.